The number of nitrogens with zero attached hydrogens (tertiary/aromatic N) is 5. The molecule has 18 rings (SSSR count). The van der Waals surface area contributed by atoms with Crippen molar-refractivity contribution in [3.63, 3.8) is 0 Å². The largest absolute Gasteiger partial charge is 0.311 e. The van der Waals surface area contributed by atoms with E-state index >= 15 is 0 Å². The molecule has 0 N–H and O–H groups in total. The summed E-state index contributed by atoms with van der Waals surface area (Å²) in [7, 11) is 0. The molecular weight excluding hydrogens is 1140 g/mol. The van der Waals surface area contributed by atoms with E-state index in [1.165, 1.54) is 10.8 Å². The van der Waals surface area contributed by atoms with Gasteiger partial charge < -0.3 is 23.8 Å². The third-order valence-corrected chi connectivity index (χ3v) is 19.0. The average molecular weight is 1210 g/mol. The van der Waals surface area contributed by atoms with Gasteiger partial charge in [-0.25, -0.2) is 0 Å². The number of fused-ring (bicyclic) bond motifs is 10. The fourth-order valence-electron chi connectivity index (χ4n) is 14.7. The van der Waals surface area contributed by atoms with Gasteiger partial charge in [0, 0.05) is 84.1 Å². The monoisotopic (exact) mass is 1210 g/mol. The van der Waals surface area contributed by atoms with Crippen LogP contribution in [0.2, 0.25) is 0 Å². The summed E-state index contributed by atoms with van der Waals surface area (Å²) in [6.07, 6.45) is 0. The number of anilines is 9. The van der Waals surface area contributed by atoms with E-state index in [0.29, 0.717) is 5.69 Å². The van der Waals surface area contributed by atoms with Gasteiger partial charge in [0.2, 0.25) is 0 Å². The van der Waals surface area contributed by atoms with Crippen molar-refractivity contribution in [2.45, 2.75) is 26.2 Å². The third-order valence-electron chi connectivity index (χ3n) is 19.0. The van der Waals surface area contributed by atoms with E-state index in [2.05, 4.69) is 301 Å². The molecule has 94 heavy (non-hydrogen) atoms. The van der Waals surface area contributed by atoms with Crippen molar-refractivity contribution < 1.29 is 11.0 Å². The van der Waals surface area contributed by atoms with E-state index < -0.39 is 36.3 Å². The van der Waals surface area contributed by atoms with E-state index in [-0.39, 0.29) is 46.0 Å². The smallest absolute Gasteiger partial charge is 0.252 e. The van der Waals surface area contributed by atoms with E-state index in [0.717, 1.165) is 123 Å². The Kier molecular flexibility index (Phi) is 11.0. The first-order chi connectivity index (χ1) is 49.6. The van der Waals surface area contributed by atoms with Crippen LogP contribution in [0.15, 0.2) is 333 Å². The molecule has 0 aliphatic carbocycles. The molecule has 2 aliphatic heterocycles. The molecule has 14 aromatic carbocycles. The lowest BCUT2D eigenvalue weighted by atomic mass is 9.33. The Morgan fingerprint density at radius 3 is 1.34 bits per heavy atom. The minimum Gasteiger partial charge on any atom is -0.311 e. The van der Waals surface area contributed by atoms with Gasteiger partial charge >= 0.3 is 0 Å². The van der Waals surface area contributed by atoms with E-state index in [9.17, 15) is 5.48 Å². The van der Waals surface area contributed by atoms with Crippen LogP contribution in [0.1, 0.15) is 37.3 Å². The number of hydrogen-bond acceptors (Lipinski definition) is 3. The van der Waals surface area contributed by atoms with Gasteiger partial charge in [0.15, 0.2) is 0 Å². The molecule has 16 aromatic rings. The summed E-state index contributed by atoms with van der Waals surface area (Å²) in [6, 6.07) is 97.8. The van der Waals surface area contributed by atoms with Crippen molar-refractivity contribution in [2.24, 2.45) is 0 Å². The second-order valence-corrected chi connectivity index (χ2v) is 25.5. The molecule has 0 spiro atoms. The van der Waals surface area contributed by atoms with Crippen LogP contribution in [0.25, 0.3) is 88.4 Å². The summed E-state index contributed by atoms with van der Waals surface area (Å²) in [4.78, 5) is 7.17. The summed E-state index contributed by atoms with van der Waals surface area (Å²) < 4.78 is 78.4. The van der Waals surface area contributed by atoms with E-state index in [1.54, 1.807) is 4.57 Å². The van der Waals surface area contributed by atoms with Crippen LogP contribution in [-0.4, -0.2) is 15.8 Å². The Balaban J connectivity index is 0.934. The summed E-state index contributed by atoms with van der Waals surface area (Å²) in [5.74, 6) is 0. The van der Waals surface area contributed by atoms with Crippen LogP contribution in [-0.2, 0) is 5.41 Å². The molecule has 0 amide bonds. The van der Waals surface area contributed by atoms with Gasteiger partial charge in [-0.15, -0.1) is 0 Å². The zero-order chi connectivity index (χ0) is 69.6. The molecule has 2 aliphatic rings. The first-order valence-corrected chi connectivity index (χ1v) is 32.0. The number of aromatic nitrogens is 2. The SMILES string of the molecule is [2H]c1c([2H])c([2H])c2c(c1[2H])c1c([2H])c([2H])c([2H])c([2H])c1n2-c1ccc2c(c1)N(c1cc(-c3ccccc3)cc(-c3ccccc3)c1)c1cc(C(C)(C)C)cc3c1B2c1ccc(N(c2ccccc2)c2ccc(-n4c5ccccc5c5ccccc54)cc2)cc1N3c1cccc(-c2ccccc2)c1. The predicted molar refractivity (Wildman–Crippen MR) is 399 cm³/mol. The van der Waals surface area contributed by atoms with Gasteiger partial charge in [0.1, 0.15) is 0 Å². The lowest BCUT2D eigenvalue weighted by Gasteiger charge is -2.45. The van der Waals surface area contributed by atoms with Crippen LogP contribution in [0.3, 0.4) is 0 Å². The van der Waals surface area contributed by atoms with Crippen LogP contribution in [0, 0.1) is 0 Å². The third kappa shape index (κ3) is 9.00. The second-order valence-electron chi connectivity index (χ2n) is 25.5. The average Bonchev–Trinajstić information content (AvgIpc) is 1.37. The highest BCUT2D eigenvalue weighted by atomic mass is 15.2. The molecular formula is C88H64BN5. The Morgan fingerprint density at radius 2 is 0.755 bits per heavy atom. The lowest BCUT2D eigenvalue weighted by Crippen LogP contribution is -2.61. The number of rotatable bonds is 10. The molecule has 4 heterocycles. The highest BCUT2D eigenvalue weighted by Crippen LogP contribution is 2.50. The number of para-hydroxylation sites is 5. The number of benzene rings is 14. The molecule has 444 valence electrons. The summed E-state index contributed by atoms with van der Waals surface area (Å²) in [5.41, 5.74) is 22.1. The Bertz CT molecular complexity index is 5930. The molecule has 0 bridgehead atoms. The second kappa shape index (κ2) is 21.9. The standard InChI is InChI=1S/C88H64BN5/c1-88(2,3)65-55-85-87-86(56-65)94(72-53-63(60-27-10-5-11-28-60)51-64(54-72)61-29-12-6-13-30-61)84-58-71(92-81-41-22-18-37-75(81)76-38-19-23-42-82(76)92)48-50-78(84)89(87)77-49-47-70(57-83(77)93(85)69-34-24-31-62(52-69)59-25-8-4-9-26-59)90(66-32-14-7-15-33-66)67-43-45-68(46-44-67)91-79-39-20-16-35-73(79)74-36-17-21-40-80(74)91/h4-58H,1-3H3/i18D,19D,22D,23D,37D,38D,41D,42D. The maximum atomic E-state index is 9.68. The van der Waals surface area contributed by atoms with Crippen molar-refractivity contribution in [1.82, 2.24) is 9.13 Å². The van der Waals surface area contributed by atoms with Gasteiger partial charge in [0.25, 0.3) is 6.71 Å². The molecule has 0 saturated heterocycles. The first-order valence-electron chi connectivity index (χ1n) is 36.0. The van der Waals surface area contributed by atoms with E-state index in [4.69, 9.17) is 5.48 Å². The fraction of sp³-hybridized carbons (Fsp3) is 0.0455. The normalized spacial score (nSPS) is 13.8. The van der Waals surface area contributed by atoms with Crippen LogP contribution >= 0.6 is 0 Å². The highest BCUT2D eigenvalue weighted by Gasteiger charge is 2.45. The Morgan fingerprint density at radius 1 is 0.309 bits per heavy atom. The van der Waals surface area contributed by atoms with Crippen LogP contribution < -0.4 is 31.1 Å². The fourth-order valence-corrected chi connectivity index (χ4v) is 14.7. The highest BCUT2D eigenvalue weighted by molar-refractivity contribution is 7.00. The Labute approximate surface area is 559 Å². The molecule has 0 unspecified atom stereocenters. The predicted octanol–water partition coefficient (Wildman–Crippen LogP) is 21.7. The summed E-state index contributed by atoms with van der Waals surface area (Å²) in [5, 5.41) is 2.43. The zero-order valence-electron chi connectivity index (χ0n) is 59.9. The van der Waals surface area contributed by atoms with Crippen molar-refractivity contribution in [3.05, 3.63) is 339 Å². The molecule has 6 heteroatoms. The Hall–Kier alpha value is -11.9. The minimum absolute atomic E-state index is 0.0162. The van der Waals surface area contributed by atoms with Crippen molar-refractivity contribution >= 4 is 118 Å². The maximum absolute atomic E-state index is 9.68. The van der Waals surface area contributed by atoms with Crippen LogP contribution in [0.5, 0.6) is 0 Å². The van der Waals surface area contributed by atoms with Crippen molar-refractivity contribution in [1.29, 1.82) is 0 Å². The summed E-state index contributed by atoms with van der Waals surface area (Å²) >= 11 is 0. The summed E-state index contributed by atoms with van der Waals surface area (Å²) in [6.45, 7) is 6.34. The molecule has 5 nitrogen and oxygen atoms in total. The van der Waals surface area contributed by atoms with Crippen molar-refractivity contribution in [3.8, 4) is 44.8 Å². The van der Waals surface area contributed by atoms with Gasteiger partial charge in [-0.2, -0.15) is 0 Å². The molecule has 0 fully saturated rings. The molecule has 0 radical (unpaired) electrons. The molecule has 0 atom stereocenters. The number of hydrogen-bond donors (Lipinski definition) is 0. The lowest BCUT2D eigenvalue weighted by molar-refractivity contribution is 0.590. The van der Waals surface area contributed by atoms with Gasteiger partial charge in [0.05, 0.1) is 33.0 Å². The maximum Gasteiger partial charge on any atom is 0.252 e. The van der Waals surface area contributed by atoms with E-state index in [1.807, 2.05) is 24.3 Å². The van der Waals surface area contributed by atoms with Crippen LogP contribution in [0.4, 0.5) is 51.2 Å². The molecule has 0 saturated carbocycles. The first kappa shape index (κ1) is 47.1. The molecule has 2 aromatic heterocycles. The minimum atomic E-state index is -0.495. The quantitative estimate of drug-likeness (QED) is 0.127. The topological polar surface area (TPSA) is 19.6 Å². The van der Waals surface area contributed by atoms with Crippen molar-refractivity contribution in [2.75, 3.05) is 14.7 Å². The van der Waals surface area contributed by atoms with Gasteiger partial charge in [-0.3, -0.25) is 0 Å². The zero-order valence-corrected chi connectivity index (χ0v) is 51.9. The van der Waals surface area contributed by atoms with Gasteiger partial charge in [-0.1, -0.05) is 227 Å². The van der Waals surface area contributed by atoms with Gasteiger partial charge in [-0.05, 0) is 188 Å².